The van der Waals surface area contributed by atoms with E-state index < -0.39 is 0 Å². The molecule has 2 N–H and O–H groups in total. The van der Waals surface area contributed by atoms with Gasteiger partial charge < -0.3 is 5.73 Å². The van der Waals surface area contributed by atoms with E-state index in [9.17, 15) is 0 Å². The number of hydrogen-bond acceptors (Lipinski definition) is 2. The number of hydrogen-bond donors (Lipinski definition) is 1. The number of nitrogens with two attached hydrogens (primary N) is 1. The van der Waals surface area contributed by atoms with Gasteiger partial charge in [-0.1, -0.05) is 6.92 Å². The summed E-state index contributed by atoms with van der Waals surface area (Å²) in [5.74, 6) is 1.19. The van der Waals surface area contributed by atoms with Crippen LogP contribution in [0.15, 0.2) is 23.1 Å². The van der Waals surface area contributed by atoms with Crippen molar-refractivity contribution in [2.24, 2.45) is 0 Å². The average molecular weight is 181 g/mol. The zero-order valence-electron chi connectivity index (χ0n) is 7.63. The molecule has 0 aliphatic carbocycles. The Kier molecular flexibility index (Phi) is 3.48. The number of nitrogen functional groups attached to an aromatic ring is 1. The van der Waals surface area contributed by atoms with Gasteiger partial charge in [0.1, 0.15) is 0 Å². The predicted molar refractivity (Wildman–Crippen MR) is 56.6 cm³/mol. The highest BCUT2D eigenvalue weighted by atomic mass is 32.2. The summed E-state index contributed by atoms with van der Waals surface area (Å²) in [4.78, 5) is 1.35. The Morgan fingerprint density at radius 1 is 1.42 bits per heavy atom. The largest absolute Gasteiger partial charge is 0.399 e. The van der Waals surface area contributed by atoms with Crippen molar-refractivity contribution in [2.75, 3.05) is 11.5 Å². The van der Waals surface area contributed by atoms with Crippen LogP contribution < -0.4 is 5.73 Å². The fourth-order valence-electron chi connectivity index (χ4n) is 1.05. The van der Waals surface area contributed by atoms with E-state index in [1.54, 1.807) is 0 Å². The van der Waals surface area contributed by atoms with Crippen LogP contribution in [-0.4, -0.2) is 5.75 Å². The summed E-state index contributed by atoms with van der Waals surface area (Å²) in [6.07, 6.45) is 1.22. The first-order valence-electron chi connectivity index (χ1n) is 4.23. The van der Waals surface area contributed by atoms with Crippen LogP contribution in [0.25, 0.3) is 0 Å². The van der Waals surface area contributed by atoms with Crippen LogP contribution in [0.5, 0.6) is 0 Å². The van der Waals surface area contributed by atoms with Gasteiger partial charge in [0.25, 0.3) is 0 Å². The third kappa shape index (κ3) is 2.45. The van der Waals surface area contributed by atoms with Gasteiger partial charge in [-0.15, -0.1) is 11.8 Å². The standard InChI is InChI=1S/C10H15NS/c1-3-6-12-10-5-4-9(11)7-8(10)2/h4-5,7H,3,6,11H2,1-2H3. The Labute approximate surface area is 78.4 Å². The highest BCUT2D eigenvalue weighted by Gasteiger charge is 1.97. The third-order valence-electron chi connectivity index (χ3n) is 1.66. The van der Waals surface area contributed by atoms with E-state index in [0.29, 0.717) is 0 Å². The van der Waals surface area contributed by atoms with Gasteiger partial charge in [0.2, 0.25) is 0 Å². The molecule has 2 heteroatoms. The van der Waals surface area contributed by atoms with Crippen molar-refractivity contribution < 1.29 is 0 Å². The molecule has 0 atom stereocenters. The Balaban J connectivity index is 2.72. The summed E-state index contributed by atoms with van der Waals surface area (Å²) in [5, 5.41) is 0. The Hall–Kier alpha value is -0.630. The molecule has 0 radical (unpaired) electrons. The van der Waals surface area contributed by atoms with Crippen LogP contribution in [0.1, 0.15) is 18.9 Å². The number of aryl methyl sites for hydroxylation is 1. The van der Waals surface area contributed by atoms with Crippen molar-refractivity contribution in [2.45, 2.75) is 25.2 Å². The van der Waals surface area contributed by atoms with E-state index in [-0.39, 0.29) is 0 Å². The van der Waals surface area contributed by atoms with Crippen LogP contribution in [0.4, 0.5) is 5.69 Å². The van der Waals surface area contributed by atoms with Gasteiger partial charge >= 0.3 is 0 Å². The summed E-state index contributed by atoms with van der Waals surface area (Å²) in [7, 11) is 0. The highest BCUT2D eigenvalue weighted by Crippen LogP contribution is 2.24. The smallest absolute Gasteiger partial charge is 0.0317 e. The molecule has 0 aliphatic rings. The summed E-state index contributed by atoms with van der Waals surface area (Å²) in [5.41, 5.74) is 7.79. The molecule has 0 aromatic heterocycles. The lowest BCUT2D eigenvalue weighted by atomic mass is 10.2. The van der Waals surface area contributed by atoms with E-state index >= 15 is 0 Å². The zero-order chi connectivity index (χ0) is 8.97. The molecular formula is C10H15NS. The molecule has 1 rings (SSSR count). The first kappa shape index (κ1) is 9.46. The molecule has 0 amide bonds. The van der Waals surface area contributed by atoms with Crippen LogP contribution >= 0.6 is 11.8 Å². The van der Waals surface area contributed by atoms with Crippen molar-refractivity contribution in [1.29, 1.82) is 0 Å². The quantitative estimate of drug-likeness (QED) is 0.573. The monoisotopic (exact) mass is 181 g/mol. The second kappa shape index (κ2) is 4.41. The lowest BCUT2D eigenvalue weighted by Crippen LogP contribution is -1.87. The molecule has 0 bridgehead atoms. The number of rotatable bonds is 3. The van der Waals surface area contributed by atoms with Gasteiger partial charge in [-0.25, -0.2) is 0 Å². The first-order valence-corrected chi connectivity index (χ1v) is 5.21. The zero-order valence-corrected chi connectivity index (χ0v) is 8.45. The molecule has 66 valence electrons. The molecule has 12 heavy (non-hydrogen) atoms. The van der Waals surface area contributed by atoms with E-state index in [4.69, 9.17) is 5.73 Å². The van der Waals surface area contributed by atoms with Crippen molar-refractivity contribution in [3.63, 3.8) is 0 Å². The Morgan fingerprint density at radius 2 is 2.17 bits per heavy atom. The first-order chi connectivity index (χ1) is 5.74. The second-order valence-electron chi connectivity index (χ2n) is 2.87. The van der Waals surface area contributed by atoms with Gasteiger partial charge in [-0.05, 0) is 42.9 Å². The molecule has 0 unspecified atom stereocenters. The minimum absolute atomic E-state index is 0.855. The molecule has 1 aromatic carbocycles. The lowest BCUT2D eigenvalue weighted by Gasteiger charge is -2.04. The second-order valence-corrected chi connectivity index (χ2v) is 4.01. The highest BCUT2D eigenvalue weighted by molar-refractivity contribution is 7.99. The maximum absolute atomic E-state index is 5.65. The average Bonchev–Trinajstić information content (AvgIpc) is 2.03. The van der Waals surface area contributed by atoms with Crippen LogP contribution in [0.2, 0.25) is 0 Å². The number of benzene rings is 1. The minimum atomic E-state index is 0.855. The molecule has 0 aliphatic heterocycles. The van der Waals surface area contributed by atoms with Crippen molar-refractivity contribution in [3.05, 3.63) is 23.8 Å². The maximum atomic E-state index is 5.65. The van der Waals surface area contributed by atoms with Crippen molar-refractivity contribution >= 4 is 17.4 Å². The SMILES string of the molecule is CCCSc1ccc(N)cc1C. The van der Waals surface area contributed by atoms with E-state index in [2.05, 4.69) is 19.9 Å². The van der Waals surface area contributed by atoms with E-state index in [1.165, 1.54) is 22.6 Å². The van der Waals surface area contributed by atoms with Crippen molar-refractivity contribution in [3.8, 4) is 0 Å². The molecule has 0 fully saturated rings. The van der Waals surface area contributed by atoms with E-state index in [1.807, 2.05) is 23.9 Å². The normalized spacial score (nSPS) is 10.2. The number of anilines is 1. The molecule has 1 aromatic rings. The summed E-state index contributed by atoms with van der Waals surface area (Å²) in [6.45, 7) is 4.30. The van der Waals surface area contributed by atoms with Crippen LogP contribution in [-0.2, 0) is 0 Å². The molecule has 0 saturated heterocycles. The maximum Gasteiger partial charge on any atom is 0.0317 e. The topological polar surface area (TPSA) is 26.0 Å². The van der Waals surface area contributed by atoms with Crippen molar-refractivity contribution in [1.82, 2.24) is 0 Å². The molecule has 0 heterocycles. The van der Waals surface area contributed by atoms with Gasteiger partial charge in [0.05, 0.1) is 0 Å². The summed E-state index contributed by atoms with van der Waals surface area (Å²) in [6, 6.07) is 6.09. The van der Waals surface area contributed by atoms with Gasteiger partial charge in [0.15, 0.2) is 0 Å². The predicted octanol–water partition coefficient (Wildman–Crippen LogP) is 3.08. The van der Waals surface area contributed by atoms with Crippen LogP contribution in [0.3, 0.4) is 0 Å². The lowest BCUT2D eigenvalue weighted by molar-refractivity contribution is 1.10. The fraction of sp³-hybridized carbons (Fsp3) is 0.400. The summed E-state index contributed by atoms with van der Waals surface area (Å²) >= 11 is 1.90. The minimum Gasteiger partial charge on any atom is -0.399 e. The third-order valence-corrected chi connectivity index (χ3v) is 3.04. The van der Waals surface area contributed by atoms with E-state index in [0.717, 1.165) is 5.69 Å². The fourth-order valence-corrected chi connectivity index (χ4v) is 1.92. The molecule has 0 spiro atoms. The Morgan fingerprint density at radius 3 is 2.75 bits per heavy atom. The Bertz CT molecular complexity index is 258. The van der Waals surface area contributed by atoms with Gasteiger partial charge in [-0.2, -0.15) is 0 Å². The van der Waals surface area contributed by atoms with Gasteiger partial charge in [0, 0.05) is 10.6 Å². The molecule has 1 nitrogen and oxygen atoms in total. The number of thioether (sulfide) groups is 1. The van der Waals surface area contributed by atoms with Gasteiger partial charge in [-0.3, -0.25) is 0 Å². The molecular weight excluding hydrogens is 166 g/mol. The van der Waals surface area contributed by atoms with Crippen LogP contribution in [0, 0.1) is 6.92 Å². The molecule has 0 saturated carbocycles. The summed E-state index contributed by atoms with van der Waals surface area (Å²) < 4.78 is 0.